The molecule has 0 radical (unpaired) electrons. The third-order valence-corrected chi connectivity index (χ3v) is 6.06. The summed E-state index contributed by atoms with van der Waals surface area (Å²) in [4.78, 5) is 28.0. The van der Waals surface area contributed by atoms with Crippen molar-refractivity contribution in [1.29, 1.82) is 0 Å². The molecule has 0 spiro atoms. The fraction of sp³-hybridized carbons (Fsp3) is 0.440. The van der Waals surface area contributed by atoms with Gasteiger partial charge in [0.2, 0.25) is 0 Å². The fourth-order valence-electron chi connectivity index (χ4n) is 4.50. The van der Waals surface area contributed by atoms with Gasteiger partial charge in [0.1, 0.15) is 5.75 Å². The van der Waals surface area contributed by atoms with Gasteiger partial charge in [-0.05, 0) is 57.5 Å². The Morgan fingerprint density at radius 1 is 1.18 bits per heavy atom. The Bertz CT molecular complexity index is 1040. The minimum Gasteiger partial charge on any atom is -0.491 e. The molecule has 8 heteroatoms. The molecule has 176 valence electrons. The lowest BCUT2D eigenvalue weighted by atomic mass is 9.94. The van der Waals surface area contributed by atoms with E-state index >= 15 is 0 Å². The lowest BCUT2D eigenvalue weighted by molar-refractivity contribution is -0.139. The summed E-state index contributed by atoms with van der Waals surface area (Å²) in [5.74, 6) is 0.307. The van der Waals surface area contributed by atoms with Gasteiger partial charge in [0, 0.05) is 43.3 Å². The van der Waals surface area contributed by atoms with E-state index in [9.17, 15) is 9.59 Å². The van der Waals surface area contributed by atoms with Gasteiger partial charge >= 0.3 is 12.0 Å². The van der Waals surface area contributed by atoms with Gasteiger partial charge in [-0.2, -0.15) is 0 Å². The zero-order chi connectivity index (χ0) is 23.5. The first-order chi connectivity index (χ1) is 15.9. The molecule has 0 saturated heterocycles. The van der Waals surface area contributed by atoms with Crippen LogP contribution in [0.15, 0.2) is 53.9 Å². The first-order valence-corrected chi connectivity index (χ1v) is 11.5. The second kappa shape index (κ2) is 9.70. The molecular weight excluding hydrogens is 420 g/mol. The normalized spacial score (nSPS) is 20.8. The van der Waals surface area contributed by atoms with Crippen LogP contribution in [0.3, 0.4) is 0 Å². The molecule has 0 unspecified atom stereocenters. The largest absolute Gasteiger partial charge is 0.491 e. The van der Waals surface area contributed by atoms with Crippen LogP contribution >= 0.6 is 0 Å². The Labute approximate surface area is 194 Å². The van der Waals surface area contributed by atoms with Gasteiger partial charge in [-0.25, -0.2) is 9.59 Å². The lowest BCUT2D eigenvalue weighted by Gasteiger charge is -2.37. The van der Waals surface area contributed by atoms with Crippen molar-refractivity contribution < 1.29 is 19.1 Å². The molecule has 2 amide bonds. The number of amides is 2. The molecule has 0 fully saturated rings. The van der Waals surface area contributed by atoms with Gasteiger partial charge in [-0.15, -0.1) is 0 Å². The molecule has 2 aromatic rings. The molecule has 33 heavy (non-hydrogen) atoms. The Morgan fingerprint density at radius 3 is 2.64 bits per heavy atom. The number of urea groups is 1. The van der Waals surface area contributed by atoms with Crippen molar-refractivity contribution in [1.82, 2.24) is 20.1 Å². The van der Waals surface area contributed by atoms with Gasteiger partial charge in [0.05, 0.1) is 24.3 Å². The Balaban J connectivity index is 1.67. The van der Waals surface area contributed by atoms with E-state index in [1.807, 2.05) is 44.2 Å². The highest BCUT2D eigenvalue weighted by atomic mass is 16.5. The summed E-state index contributed by atoms with van der Waals surface area (Å²) in [5, 5.41) is 5.78. The number of hydrogen-bond acceptors (Lipinski definition) is 5. The van der Waals surface area contributed by atoms with Crippen molar-refractivity contribution in [3.05, 3.63) is 65.1 Å². The monoisotopic (exact) mass is 452 g/mol. The van der Waals surface area contributed by atoms with E-state index in [-0.39, 0.29) is 24.8 Å². The highest BCUT2D eigenvalue weighted by Crippen LogP contribution is 2.32. The van der Waals surface area contributed by atoms with E-state index in [1.54, 1.807) is 6.92 Å². The van der Waals surface area contributed by atoms with Crippen LogP contribution < -0.4 is 15.4 Å². The van der Waals surface area contributed by atoms with Crippen LogP contribution in [0.25, 0.3) is 0 Å². The number of aromatic nitrogens is 1. The first kappa shape index (κ1) is 22.9. The van der Waals surface area contributed by atoms with Crippen molar-refractivity contribution in [2.24, 2.45) is 0 Å². The smallest absolute Gasteiger partial charge is 0.338 e. The Morgan fingerprint density at radius 2 is 1.94 bits per heavy atom. The standard InChI is InChI=1S/C25H32N4O4/c1-5-32-24(30)22-20(15-29-14-13-28-12-6-7-21(28)17(29)4)26-25(31)27-23(22)18-8-10-19(11-9-18)33-16(2)3/h6-12,16-17,23H,5,13-15H2,1-4H3,(H2,26,27,31)/t17-,23+/m1/s1. The number of fused-ring (bicyclic) bond motifs is 1. The van der Waals surface area contributed by atoms with E-state index in [1.165, 1.54) is 5.69 Å². The second-order valence-corrected chi connectivity index (χ2v) is 8.65. The van der Waals surface area contributed by atoms with E-state index in [2.05, 4.69) is 39.3 Å². The van der Waals surface area contributed by atoms with Gasteiger partial charge in [0.15, 0.2) is 0 Å². The average molecular weight is 453 g/mol. The van der Waals surface area contributed by atoms with E-state index < -0.39 is 12.0 Å². The topological polar surface area (TPSA) is 84.8 Å². The van der Waals surface area contributed by atoms with E-state index in [0.29, 0.717) is 17.8 Å². The van der Waals surface area contributed by atoms with Gasteiger partial charge in [-0.1, -0.05) is 12.1 Å². The van der Waals surface area contributed by atoms with Crippen molar-refractivity contribution in [2.75, 3.05) is 19.7 Å². The zero-order valence-electron chi connectivity index (χ0n) is 19.6. The SMILES string of the molecule is CCOC(=O)C1=C(CN2CCn3cccc3[C@H]2C)NC(=O)N[C@H]1c1ccc(OC(C)C)cc1. The van der Waals surface area contributed by atoms with E-state index in [4.69, 9.17) is 9.47 Å². The number of ether oxygens (including phenoxy) is 2. The minimum atomic E-state index is -0.607. The number of nitrogens with zero attached hydrogens (tertiary/aromatic N) is 2. The molecule has 3 heterocycles. The van der Waals surface area contributed by atoms with Gasteiger partial charge in [-0.3, -0.25) is 4.90 Å². The van der Waals surface area contributed by atoms with Crippen molar-refractivity contribution >= 4 is 12.0 Å². The molecule has 2 aliphatic rings. The predicted molar refractivity (Wildman–Crippen MR) is 125 cm³/mol. The molecule has 2 aliphatic heterocycles. The second-order valence-electron chi connectivity index (χ2n) is 8.65. The van der Waals surface area contributed by atoms with Crippen molar-refractivity contribution in [3.8, 4) is 5.75 Å². The number of carbonyl (C=O) groups is 2. The summed E-state index contributed by atoms with van der Waals surface area (Å²) in [7, 11) is 0. The Hall–Kier alpha value is -3.26. The highest BCUT2D eigenvalue weighted by Gasteiger charge is 2.35. The minimum absolute atomic E-state index is 0.0589. The number of hydrogen-bond donors (Lipinski definition) is 2. The van der Waals surface area contributed by atoms with Crippen molar-refractivity contribution in [3.63, 3.8) is 0 Å². The predicted octanol–water partition coefficient (Wildman–Crippen LogP) is 3.52. The van der Waals surface area contributed by atoms with Crippen LogP contribution in [0.1, 0.15) is 51.0 Å². The summed E-state index contributed by atoms with van der Waals surface area (Å²) >= 11 is 0. The zero-order valence-corrected chi connectivity index (χ0v) is 19.6. The Kier molecular flexibility index (Phi) is 6.74. The summed E-state index contributed by atoms with van der Waals surface area (Å²) in [6.07, 6.45) is 2.14. The number of carbonyl (C=O) groups excluding carboxylic acids is 2. The summed E-state index contributed by atoms with van der Waals surface area (Å²) in [6.45, 7) is 10.2. The van der Waals surface area contributed by atoms with Gasteiger partial charge in [0.25, 0.3) is 0 Å². The molecule has 0 aliphatic carbocycles. The molecule has 2 atom stereocenters. The fourth-order valence-corrected chi connectivity index (χ4v) is 4.50. The number of rotatable bonds is 7. The highest BCUT2D eigenvalue weighted by molar-refractivity contribution is 5.95. The van der Waals surface area contributed by atoms with Crippen LogP contribution in [0.4, 0.5) is 4.79 Å². The van der Waals surface area contributed by atoms with Crippen LogP contribution in [-0.2, 0) is 16.1 Å². The third-order valence-electron chi connectivity index (χ3n) is 6.06. The van der Waals surface area contributed by atoms with Gasteiger partial charge < -0.3 is 24.7 Å². The summed E-state index contributed by atoms with van der Waals surface area (Å²) in [5.41, 5.74) is 3.03. The molecule has 0 bridgehead atoms. The maximum atomic E-state index is 13.1. The van der Waals surface area contributed by atoms with E-state index in [0.717, 1.165) is 24.4 Å². The maximum absolute atomic E-state index is 13.1. The number of benzene rings is 1. The van der Waals surface area contributed by atoms with Crippen LogP contribution in [0.2, 0.25) is 0 Å². The molecule has 1 aromatic heterocycles. The molecule has 4 rings (SSSR count). The maximum Gasteiger partial charge on any atom is 0.338 e. The summed E-state index contributed by atoms with van der Waals surface area (Å²) in [6, 6.07) is 10.8. The summed E-state index contributed by atoms with van der Waals surface area (Å²) < 4.78 is 13.4. The average Bonchev–Trinajstić information content (AvgIpc) is 3.25. The number of esters is 1. The molecular formula is C25H32N4O4. The molecule has 0 saturated carbocycles. The van der Waals surface area contributed by atoms with Crippen LogP contribution in [0, 0.1) is 0 Å². The first-order valence-electron chi connectivity index (χ1n) is 11.5. The quantitative estimate of drug-likeness (QED) is 0.628. The number of nitrogens with one attached hydrogen (secondary N) is 2. The van der Waals surface area contributed by atoms with Crippen molar-refractivity contribution in [2.45, 2.75) is 52.4 Å². The van der Waals surface area contributed by atoms with Crippen LogP contribution in [-0.4, -0.2) is 47.3 Å². The lowest BCUT2D eigenvalue weighted by Crippen LogP contribution is -2.49. The third kappa shape index (κ3) is 4.90. The molecule has 8 nitrogen and oxygen atoms in total. The molecule has 2 N–H and O–H groups in total. The van der Waals surface area contributed by atoms with Crippen LogP contribution in [0.5, 0.6) is 5.75 Å². The molecule has 1 aromatic carbocycles.